The predicted octanol–water partition coefficient (Wildman–Crippen LogP) is 1.65. The number of hydrogen-bond acceptors (Lipinski definition) is 5. The minimum absolute atomic E-state index is 0.0948. The zero-order chi connectivity index (χ0) is 16.9. The molecule has 5 nitrogen and oxygen atoms in total. The minimum atomic E-state index is -3.92. The largest absolute Gasteiger partial charge is 0.399 e. The molecule has 1 aliphatic rings. The van der Waals surface area contributed by atoms with E-state index >= 15 is 0 Å². The van der Waals surface area contributed by atoms with E-state index in [9.17, 15) is 21.6 Å². The second-order valence-electron chi connectivity index (χ2n) is 5.64. The number of nitrogen functional groups attached to an aromatic ring is 1. The van der Waals surface area contributed by atoms with Crippen LogP contribution in [0.15, 0.2) is 23.2 Å². The first-order valence-corrected chi connectivity index (χ1v) is 8.24. The Labute approximate surface area is 126 Å². The second-order valence-corrected chi connectivity index (χ2v) is 8.08. The number of anilines is 1. The first-order valence-electron chi connectivity index (χ1n) is 6.34. The van der Waals surface area contributed by atoms with Crippen LogP contribution in [-0.2, 0) is 9.84 Å². The first kappa shape index (κ1) is 16.6. The molecule has 0 aromatic heterocycles. The molecule has 1 aliphatic heterocycles. The van der Waals surface area contributed by atoms with Crippen molar-refractivity contribution < 1.29 is 21.6 Å². The summed E-state index contributed by atoms with van der Waals surface area (Å²) in [5, 5.41) is 0. The molecule has 2 atom stereocenters. The van der Waals surface area contributed by atoms with E-state index < -0.39 is 50.2 Å². The van der Waals surface area contributed by atoms with Gasteiger partial charge in [-0.1, -0.05) is 0 Å². The fraction of sp³-hybridized carbons (Fsp3) is 0.462. The van der Waals surface area contributed by atoms with Crippen LogP contribution in [0.3, 0.4) is 0 Å². The van der Waals surface area contributed by atoms with Gasteiger partial charge in [-0.25, -0.2) is 21.6 Å². The molecule has 0 spiro atoms. The predicted molar refractivity (Wildman–Crippen MR) is 78.0 cm³/mol. The Morgan fingerprint density at radius 2 is 1.91 bits per heavy atom. The summed E-state index contributed by atoms with van der Waals surface area (Å²) in [4.78, 5) is 3.60. The van der Waals surface area contributed by atoms with Crippen LogP contribution in [0.4, 0.5) is 18.9 Å². The molecule has 0 radical (unpaired) electrons. The van der Waals surface area contributed by atoms with Gasteiger partial charge in [-0.05, 0) is 25.1 Å². The molecular weight excluding hydrogens is 319 g/mol. The van der Waals surface area contributed by atoms with E-state index in [2.05, 4.69) is 4.99 Å². The van der Waals surface area contributed by atoms with E-state index in [0.717, 1.165) is 25.3 Å². The van der Waals surface area contributed by atoms with Crippen LogP contribution >= 0.6 is 0 Å². The number of alkyl halides is 2. The zero-order valence-corrected chi connectivity index (χ0v) is 12.8. The maximum absolute atomic E-state index is 14.4. The average molecular weight is 335 g/mol. The number of aliphatic imine (C=N–C) groups is 1. The number of hydrogen-bond donors (Lipinski definition) is 2. The standard InChI is InChI=1S/C13H16F3N3O2S/c1-12(22(2,20)21)6-13(15,16)10(19-11(12)18)8-5-7(17)3-4-9(8)14/h3-5,10H,6,17H2,1-2H3,(H2,18,19). The van der Waals surface area contributed by atoms with Gasteiger partial charge in [-0.2, -0.15) is 0 Å². The van der Waals surface area contributed by atoms with E-state index in [1.165, 1.54) is 6.07 Å². The summed E-state index contributed by atoms with van der Waals surface area (Å²) in [6.07, 6.45) is -0.264. The molecule has 2 unspecified atom stereocenters. The average Bonchev–Trinajstić information content (AvgIpc) is 2.35. The lowest BCUT2D eigenvalue weighted by atomic mass is 9.88. The molecule has 0 fully saturated rings. The second kappa shape index (κ2) is 4.87. The van der Waals surface area contributed by atoms with Crippen molar-refractivity contribution in [1.29, 1.82) is 0 Å². The molecule has 22 heavy (non-hydrogen) atoms. The monoisotopic (exact) mass is 335 g/mol. The molecule has 1 aromatic rings. The summed E-state index contributed by atoms with van der Waals surface area (Å²) in [6, 6.07) is 1.32. The molecule has 0 saturated carbocycles. The first-order chi connectivity index (χ1) is 9.88. The Kier molecular flexibility index (Phi) is 3.67. The number of halogens is 3. The van der Waals surface area contributed by atoms with Crippen LogP contribution in [0.1, 0.15) is 24.9 Å². The number of nitrogens with two attached hydrogens (primary N) is 2. The third kappa shape index (κ3) is 2.53. The van der Waals surface area contributed by atoms with Crippen molar-refractivity contribution in [2.45, 2.75) is 30.1 Å². The van der Waals surface area contributed by atoms with Crippen LogP contribution in [0.25, 0.3) is 0 Å². The number of rotatable bonds is 2. The third-order valence-electron chi connectivity index (χ3n) is 3.92. The lowest BCUT2D eigenvalue weighted by molar-refractivity contribution is -0.0432. The van der Waals surface area contributed by atoms with Gasteiger partial charge in [0.25, 0.3) is 5.92 Å². The highest BCUT2D eigenvalue weighted by Gasteiger charge is 2.56. The van der Waals surface area contributed by atoms with Crippen molar-refractivity contribution in [1.82, 2.24) is 0 Å². The smallest absolute Gasteiger partial charge is 0.276 e. The van der Waals surface area contributed by atoms with Gasteiger partial charge in [0, 0.05) is 23.9 Å². The molecule has 122 valence electrons. The summed E-state index contributed by atoms with van der Waals surface area (Å²) < 4.78 is 64.3. The lowest BCUT2D eigenvalue weighted by Gasteiger charge is -2.38. The molecule has 0 bridgehead atoms. The Hall–Kier alpha value is -1.77. The molecule has 0 saturated heterocycles. The van der Waals surface area contributed by atoms with Crippen molar-refractivity contribution in [3.05, 3.63) is 29.6 Å². The van der Waals surface area contributed by atoms with Gasteiger partial charge in [0.1, 0.15) is 22.4 Å². The Morgan fingerprint density at radius 1 is 1.32 bits per heavy atom. The van der Waals surface area contributed by atoms with Crippen LogP contribution in [0.5, 0.6) is 0 Å². The summed E-state index contributed by atoms with van der Waals surface area (Å²) >= 11 is 0. The van der Waals surface area contributed by atoms with Crippen molar-refractivity contribution in [3.8, 4) is 0 Å². The SMILES string of the molecule is CC1(S(C)(=O)=O)CC(F)(F)C(c2cc(N)ccc2F)N=C1N. The highest BCUT2D eigenvalue weighted by molar-refractivity contribution is 7.92. The summed E-state index contributed by atoms with van der Waals surface area (Å²) in [5.74, 6) is -4.96. The van der Waals surface area contributed by atoms with Gasteiger partial charge in [-0.15, -0.1) is 0 Å². The van der Waals surface area contributed by atoms with E-state index in [1.54, 1.807) is 0 Å². The number of benzene rings is 1. The topological polar surface area (TPSA) is 98.5 Å². The zero-order valence-electron chi connectivity index (χ0n) is 12.0. The van der Waals surface area contributed by atoms with Crippen LogP contribution in [-0.4, -0.2) is 31.2 Å². The van der Waals surface area contributed by atoms with Gasteiger partial charge in [-0.3, -0.25) is 4.99 Å². The van der Waals surface area contributed by atoms with E-state index in [0.29, 0.717) is 0 Å². The number of sulfone groups is 1. The van der Waals surface area contributed by atoms with E-state index in [1.807, 2.05) is 0 Å². The van der Waals surface area contributed by atoms with Crippen LogP contribution in [0.2, 0.25) is 0 Å². The quantitative estimate of drug-likeness (QED) is 0.803. The Morgan fingerprint density at radius 3 is 2.45 bits per heavy atom. The number of amidine groups is 1. The van der Waals surface area contributed by atoms with Crippen molar-refractivity contribution in [3.63, 3.8) is 0 Å². The van der Waals surface area contributed by atoms with Crippen molar-refractivity contribution in [2.75, 3.05) is 12.0 Å². The normalized spacial score (nSPS) is 28.2. The molecular formula is C13H16F3N3O2S. The van der Waals surface area contributed by atoms with Crippen molar-refractivity contribution in [2.24, 2.45) is 10.7 Å². The minimum Gasteiger partial charge on any atom is -0.399 e. The van der Waals surface area contributed by atoms with Gasteiger partial charge < -0.3 is 11.5 Å². The fourth-order valence-electron chi connectivity index (χ4n) is 2.40. The van der Waals surface area contributed by atoms with Gasteiger partial charge in [0.05, 0.1) is 0 Å². The molecule has 1 heterocycles. The number of nitrogens with zero attached hydrogens (tertiary/aromatic N) is 1. The molecule has 2 rings (SSSR count). The van der Waals surface area contributed by atoms with E-state index in [4.69, 9.17) is 11.5 Å². The maximum Gasteiger partial charge on any atom is 0.276 e. The Balaban J connectivity index is 2.63. The summed E-state index contributed by atoms with van der Waals surface area (Å²) in [5.41, 5.74) is 10.8. The maximum atomic E-state index is 14.4. The summed E-state index contributed by atoms with van der Waals surface area (Å²) in [6.45, 7) is 1.08. The summed E-state index contributed by atoms with van der Waals surface area (Å²) in [7, 11) is -3.92. The third-order valence-corrected chi connectivity index (χ3v) is 5.91. The lowest BCUT2D eigenvalue weighted by Crippen LogP contribution is -2.55. The highest BCUT2D eigenvalue weighted by Crippen LogP contribution is 2.47. The highest BCUT2D eigenvalue weighted by atomic mass is 32.2. The van der Waals surface area contributed by atoms with Gasteiger partial charge in [0.15, 0.2) is 9.84 Å². The van der Waals surface area contributed by atoms with Crippen LogP contribution in [0, 0.1) is 5.82 Å². The van der Waals surface area contributed by atoms with Gasteiger partial charge >= 0.3 is 0 Å². The molecule has 4 N–H and O–H groups in total. The Bertz CT molecular complexity index is 749. The van der Waals surface area contributed by atoms with Gasteiger partial charge in [0.2, 0.25) is 0 Å². The van der Waals surface area contributed by atoms with Crippen LogP contribution < -0.4 is 11.5 Å². The van der Waals surface area contributed by atoms with Crippen molar-refractivity contribution >= 4 is 21.4 Å². The molecule has 1 aromatic carbocycles. The molecule has 9 heteroatoms. The molecule has 0 amide bonds. The molecule has 0 aliphatic carbocycles. The van der Waals surface area contributed by atoms with E-state index in [-0.39, 0.29) is 5.69 Å². The fourth-order valence-corrected chi connectivity index (χ4v) is 3.28.